The summed E-state index contributed by atoms with van der Waals surface area (Å²) in [7, 11) is 3.16. The molecule has 3 aromatic rings. The third-order valence-electron chi connectivity index (χ3n) is 5.38. The number of halogens is 1. The average molecular weight is 423 g/mol. The summed E-state index contributed by atoms with van der Waals surface area (Å²) in [6, 6.07) is 20.9. The van der Waals surface area contributed by atoms with Crippen LogP contribution in [0.2, 0.25) is 5.02 Å². The number of ether oxygens (including phenoxy) is 2. The Bertz CT molecular complexity index is 1050. The summed E-state index contributed by atoms with van der Waals surface area (Å²) in [5.41, 5.74) is 3.99. The fourth-order valence-electron chi connectivity index (χ4n) is 3.88. The van der Waals surface area contributed by atoms with Crippen molar-refractivity contribution in [1.82, 2.24) is 4.90 Å². The minimum Gasteiger partial charge on any atom is -0.497 e. The number of fused-ring (bicyclic) bond motifs is 1. The number of nitrogens with zero attached hydrogens (tertiary/aromatic N) is 1. The molecule has 1 heterocycles. The number of carbonyl (C=O) groups is 1. The van der Waals surface area contributed by atoms with Crippen molar-refractivity contribution in [2.75, 3.05) is 26.1 Å². The van der Waals surface area contributed by atoms with Gasteiger partial charge in [0.15, 0.2) is 0 Å². The summed E-state index contributed by atoms with van der Waals surface area (Å²) in [6.07, 6.45) is 0.799. The van der Waals surface area contributed by atoms with Gasteiger partial charge < -0.3 is 19.7 Å². The van der Waals surface area contributed by atoms with Gasteiger partial charge in [-0.3, -0.25) is 0 Å². The van der Waals surface area contributed by atoms with Crippen LogP contribution < -0.4 is 14.8 Å². The van der Waals surface area contributed by atoms with E-state index in [9.17, 15) is 4.79 Å². The molecule has 2 amide bonds. The van der Waals surface area contributed by atoms with Crippen LogP contribution in [-0.4, -0.2) is 31.7 Å². The number of anilines is 1. The molecule has 0 aliphatic carbocycles. The lowest BCUT2D eigenvalue weighted by Crippen LogP contribution is -2.43. The Morgan fingerprint density at radius 1 is 1.03 bits per heavy atom. The van der Waals surface area contributed by atoms with Crippen molar-refractivity contribution >= 4 is 23.3 Å². The van der Waals surface area contributed by atoms with Crippen molar-refractivity contribution in [3.63, 3.8) is 0 Å². The number of carbonyl (C=O) groups excluding carboxylic acids is 1. The normalized spacial score (nSPS) is 15.3. The van der Waals surface area contributed by atoms with Crippen LogP contribution in [0.25, 0.3) is 0 Å². The summed E-state index contributed by atoms with van der Waals surface area (Å²) in [6.45, 7) is 0.606. The second-order valence-electron chi connectivity index (χ2n) is 7.09. The molecule has 1 N–H and O–H groups in total. The third kappa shape index (κ3) is 3.94. The zero-order chi connectivity index (χ0) is 21.1. The van der Waals surface area contributed by atoms with Gasteiger partial charge in [0.1, 0.15) is 11.5 Å². The smallest absolute Gasteiger partial charge is 0.322 e. The minimum absolute atomic E-state index is 0.187. The van der Waals surface area contributed by atoms with E-state index in [-0.39, 0.29) is 12.1 Å². The van der Waals surface area contributed by atoms with Gasteiger partial charge in [0.25, 0.3) is 0 Å². The Labute approximate surface area is 181 Å². The molecule has 1 atom stereocenters. The fourth-order valence-corrected chi connectivity index (χ4v) is 4.00. The predicted molar refractivity (Wildman–Crippen MR) is 119 cm³/mol. The highest BCUT2D eigenvalue weighted by Crippen LogP contribution is 2.37. The standard InChI is InChI=1S/C24H23ClN2O3/c1-29-19-11-12-21(22(15-19)30-2)26-24(28)27-14-13-16-5-3-4-6-20(16)23(27)17-7-9-18(25)10-8-17/h3-12,15,23H,13-14H2,1-2H3,(H,26,28)/t23-/m1/s1. The van der Waals surface area contributed by atoms with E-state index in [4.69, 9.17) is 21.1 Å². The lowest BCUT2D eigenvalue weighted by Gasteiger charge is -2.37. The first-order valence-electron chi connectivity index (χ1n) is 9.73. The van der Waals surface area contributed by atoms with E-state index in [1.807, 2.05) is 41.3 Å². The van der Waals surface area contributed by atoms with Gasteiger partial charge in [-0.1, -0.05) is 48.0 Å². The van der Waals surface area contributed by atoms with Crippen LogP contribution in [0.3, 0.4) is 0 Å². The van der Waals surface area contributed by atoms with Crippen LogP contribution in [0.15, 0.2) is 66.7 Å². The van der Waals surface area contributed by atoms with E-state index < -0.39 is 0 Å². The monoisotopic (exact) mass is 422 g/mol. The number of hydrogen-bond acceptors (Lipinski definition) is 3. The Hall–Kier alpha value is -3.18. The molecule has 0 fully saturated rings. The molecule has 154 valence electrons. The van der Waals surface area contributed by atoms with Gasteiger partial charge in [-0.15, -0.1) is 0 Å². The maximum atomic E-state index is 13.4. The van der Waals surface area contributed by atoms with Crippen molar-refractivity contribution in [3.8, 4) is 11.5 Å². The van der Waals surface area contributed by atoms with Crippen molar-refractivity contribution in [2.24, 2.45) is 0 Å². The molecule has 5 nitrogen and oxygen atoms in total. The summed E-state index contributed by atoms with van der Waals surface area (Å²) >= 11 is 6.10. The molecule has 0 unspecified atom stereocenters. The summed E-state index contributed by atoms with van der Waals surface area (Å²) in [5, 5.41) is 3.67. The van der Waals surface area contributed by atoms with Crippen molar-refractivity contribution in [3.05, 3.63) is 88.4 Å². The first kappa shape index (κ1) is 20.1. The van der Waals surface area contributed by atoms with Crippen molar-refractivity contribution in [2.45, 2.75) is 12.5 Å². The quantitative estimate of drug-likeness (QED) is 0.600. The first-order chi connectivity index (χ1) is 14.6. The van der Waals surface area contributed by atoms with E-state index in [2.05, 4.69) is 17.4 Å². The predicted octanol–water partition coefficient (Wildman–Crippen LogP) is 5.54. The number of benzene rings is 3. The Morgan fingerprint density at radius 3 is 2.53 bits per heavy atom. The molecular weight excluding hydrogens is 400 g/mol. The molecule has 30 heavy (non-hydrogen) atoms. The van der Waals surface area contributed by atoms with Gasteiger partial charge in [0.2, 0.25) is 0 Å². The molecule has 0 aromatic heterocycles. The van der Waals surface area contributed by atoms with Crippen LogP contribution >= 0.6 is 11.6 Å². The van der Waals surface area contributed by atoms with Gasteiger partial charge in [-0.25, -0.2) is 4.79 Å². The Balaban J connectivity index is 1.68. The van der Waals surface area contributed by atoms with Gasteiger partial charge in [0.05, 0.1) is 25.9 Å². The van der Waals surface area contributed by atoms with E-state index in [1.165, 1.54) is 5.56 Å². The minimum atomic E-state index is -0.198. The highest BCUT2D eigenvalue weighted by atomic mass is 35.5. The van der Waals surface area contributed by atoms with Gasteiger partial charge >= 0.3 is 6.03 Å². The highest BCUT2D eigenvalue weighted by Gasteiger charge is 2.32. The van der Waals surface area contributed by atoms with Crippen LogP contribution in [0.1, 0.15) is 22.7 Å². The van der Waals surface area contributed by atoms with Gasteiger partial charge in [-0.05, 0) is 47.4 Å². The summed E-state index contributed by atoms with van der Waals surface area (Å²) in [5.74, 6) is 1.21. The van der Waals surface area contributed by atoms with Crippen LogP contribution in [0.4, 0.5) is 10.5 Å². The molecule has 0 saturated carbocycles. The number of urea groups is 1. The first-order valence-corrected chi connectivity index (χ1v) is 10.1. The molecular formula is C24H23ClN2O3. The molecule has 6 heteroatoms. The third-order valence-corrected chi connectivity index (χ3v) is 5.63. The van der Waals surface area contributed by atoms with Crippen LogP contribution in [0, 0.1) is 0 Å². The maximum Gasteiger partial charge on any atom is 0.322 e. The van der Waals surface area contributed by atoms with Crippen LogP contribution in [0.5, 0.6) is 11.5 Å². The number of amides is 2. The Morgan fingerprint density at radius 2 is 1.80 bits per heavy atom. The zero-order valence-corrected chi connectivity index (χ0v) is 17.6. The van der Waals surface area contributed by atoms with Gasteiger partial charge in [-0.2, -0.15) is 0 Å². The second kappa shape index (κ2) is 8.67. The Kier molecular flexibility index (Phi) is 5.81. The van der Waals surface area contributed by atoms with Crippen molar-refractivity contribution in [1.29, 1.82) is 0 Å². The topological polar surface area (TPSA) is 50.8 Å². The molecule has 0 bridgehead atoms. The molecule has 0 radical (unpaired) electrons. The number of methoxy groups -OCH3 is 2. The van der Waals surface area contributed by atoms with E-state index >= 15 is 0 Å². The summed E-state index contributed by atoms with van der Waals surface area (Å²) in [4.78, 5) is 15.2. The molecule has 4 rings (SSSR count). The lowest BCUT2D eigenvalue weighted by atomic mass is 9.88. The van der Waals surface area contributed by atoms with E-state index in [0.717, 1.165) is 17.5 Å². The maximum absolute atomic E-state index is 13.4. The number of rotatable bonds is 4. The van der Waals surface area contributed by atoms with Crippen molar-refractivity contribution < 1.29 is 14.3 Å². The zero-order valence-electron chi connectivity index (χ0n) is 16.9. The molecule has 0 spiro atoms. The van der Waals surface area contributed by atoms with E-state index in [0.29, 0.717) is 28.8 Å². The summed E-state index contributed by atoms with van der Waals surface area (Å²) < 4.78 is 10.7. The second-order valence-corrected chi connectivity index (χ2v) is 7.53. The SMILES string of the molecule is COc1ccc(NC(=O)N2CCc3ccccc3[C@H]2c2ccc(Cl)cc2)c(OC)c1. The van der Waals surface area contributed by atoms with Gasteiger partial charge in [0, 0.05) is 17.6 Å². The highest BCUT2D eigenvalue weighted by molar-refractivity contribution is 6.30. The average Bonchev–Trinajstić information content (AvgIpc) is 2.79. The fraction of sp³-hybridized carbons (Fsp3) is 0.208. The molecule has 1 aliphatic heterocycles. The lowest BCUT2D eigenvalue weighted by molar-refractivity contribution is 0.194. The number of nitrogens with one attached hydrogen (secondary N) is 1. The molecule has 1 aliphatic rings. The number of hydrogen-bond donors (Lipinski definition) is 1. The molecule has 0 saturated heterocycles. The van der Waals surface area contributed by atoms with E-state index in [1.54, 1.807) is 32.4 Å². The molecule has 3 aromatic carbocycles. The van der Waals surface area contributed by atoms with Crippen LogP contribution in [-0.2, 0) is 6.42 Å². The largest absolute Gasteiger partial charge is 0.497 e.